The Hall–Kier alpha value is -1.91. The molecule has 1 amide bonds. The summed E-state index contributed by atoms with van der Waals surface area (Å²) in [7, 11) is 1.36. The summed E-state index contributed by atoms with van der Waals surface area (Å²) in [5.41, 5.74) is 0.504. The highest BCUT2D eigenvalue weighted by Crippen LogP contribution is 2.27. The number of aromatic nitrogens is 1. The molecule has 1 heterocycles. The van der Waals surface area contributed by atoms with Gasteiger partial charge in [-0.15, -0.1) is 0 Å². The fourth-order valence-electron chi connectivity index (χ4n) is 2.69. The van der Waals surface area contributed by atoms with Gasteiger partial charge >= 0.3 is 5.97 Å². The Balaban J connectivity index is 2.07. The summed E-state index contributed by atoms with van der Waals surface area (Å²) in [5, 5.41) is 2.81. The highest BCUT2D eigenvalue weighted by molar-refractivity contribution is 5.96. The second kappa shape index (κ2) is 7.03. The molecule has 5 nitrogen and oxygen atoms in total. The number of pyridine rings is 1. The number of ether oxygens (including phenoxy) is 1. The molecule has 0 unspecified atom stereocenters. The number of hydrogen-bond acceptors (Lipinski definition) is 4. The summed E-state index contributed by atoms with van der Waals surface area (Å²) >= 11 is 0. The number of amides is 1. The molecule has 5 heteroatoms. The van der Waals surface area contributed by atoms with Crippen molar-refractivity contribution < 1.29 is 14.3 Å². The normalized spacial score (nSPS) is 17.2. The molecule has 1 aliphatic carbocycles. The molecule has 0 spiro atoms. The Labute approximate surface area is 118 Å². The number of rotatable bonds is 4. The van der Waals surface area contributed by atoms with E-state index in [2.05, 4.69) is 10.3 Å². The van der Waals surface area contributed by atoms with Crippen LogP contribution in [-0.4, -0.2) is 30.0 Å². The zero-order valence-corrected chi connectivity index (χ0v) is 11.7. The van der Waals surface area contributed by atoms with Crippen molar-refractivity contribution in [3.63, 3.8) is 0 Å². The number of esters is 1. The van der Waals surface area contributed by atoms with Crippen molar-refractivity contribution in [3.8, 4) is 0 Å². The van der Waals surface area contributed by atoms with Crippen molar-refractivity contribution in [2.24, 2.45) is 5.92 Å². The molecule has 1 fully saturated rings. The van der Waals surface area contributed by atoms with Crippen LogP contribution in [0.5, 0.6) is 0 Å². The van der Waals surface area contributed by atoms with Gasteiger partial charge in [0, 0.05) is 18.0 Å². The molecular weight excluding hydrogens is 256 g/mol. The summed E-state index contributed by atoms with van der Waals surface area (Å²) in [5.74, 6) is -0.449. The minimum atomic E-state index is -0.555. The van der Waals surface area contributed by atoms with E-state index in [1.165, 1.54) is 13.5 Å². The molecule has 1 aliphatic rings. The Morgan fingerprint density at radius 3 is 2.50 bits per heavy atom. The lowest BCUT2D eigenvalue weighted by atomic mass is 9.83. The van der Waals surface area contributed by atoms with Crippen LogP contribution in [0.2, 0.25) is 0 Å². The lowest BCUT2D eigenvalue weighted by Crippen LogP contribution is -2.47. The summed E-state index contributed by atoms with van der Waals surface area (Å²) in [4.78, 5) is 28.0. The predicted octanol–water partition coefficient (Wildman–Crippen LogP) is 1.93. The number of nitrogens with zero attached hydrogens (tertiary/aromatic N) is 1. The number of methoxy groups -OCH3 is 1. The maximum Gasteiger partial charge on any atom is 0.328 e. The average molecular weight is 276 g/mol. The van der Waals surface area contributed by atoms with Gasteiger partial charge in [0.25, 0.3) is 5.91 Å². The summed E-state index contributed by atoms with van der Waals surface area (Å²) < 4.78 is 4.84. The molecule has 108 valence electrons. The SMILES string of the molecule is COC(=O)[C@H](NC(=O)c1ccncc1)C1CCCCC1. The average Bonchev–Trinajstić information content (AvgIpc) is 2.53. The molecule has 20 heavy (non-hydrogen) atoms. The highest BCUT2D eigenvalue weighted by atomic mass is 16.5. The van der Waals surface area contributed by atoms with Crippen LogP contribution < -0.4 is 5.32 Å². The minimum absolute atomic E-state index is 0.169. The Bertz CT molecular complexity index is 455. The van der Waals surface area contributed by atoms with Crippen LogP contribution in [0.25, 0.3) is 0 Å². The standard InChI is InChI=1S/C15H20N2O3/c1-20-15(19)13(11-5-3-2-4-6-11)17-14(18)12-7-9-16-10-8-12/h7-11,13H,2-6H2,1H3,(H,17,18)/t13-/m1/s1. The first-order valence-electron chi connectivity index (χ1n) is 7.01. The van der Waals surface area contributed by atoms with Crippen molar-refractivity contribution in [2.75, 3.05) is 7.11 Å². The quantitative estimate of drug-likeness (QED) is 0.853. The van der Waals surface area contributed by atoms with E-state index in [4.69, 9.17) is 4.74 Å². The van der Waals surface area contributed by atoms with Gasteiger partial charge < -0.3 is 10.1 Å². The van der Waals surface area contributed by atoms with Gasteiger partial charge in [0.15, 0.2) is 0 Å². The minimum Gasteiger partial charge on any atom is -0.467 e. The van der Waals surface area contributed by atoms with E-state index in [9.17, 15) is 9.59 Å². The van der Waals surface area contributed by atoms with Gasteiger partial charge in [0.05, 0.1) is 7.11 Å². The number of nitrogens with one attached hydrogen (secondary N) is 1. The Morgan fingerprint density at radius 2 is 1.90 bits per heavy atom. The van der Waals surface area contributed by atoms with Crippen LogP contribution in [0.3, 0.4) is 0 Å². The van der Waals surface area contributed by atoms with E-state index >= 15 is 0 Å². The van der Waals surface area contributed by atoms with Gasteiger partial charge in [0.1, 0.15) is 6.04 Å². The van der Waals surface area contributed by atoms with E-state index in [1.54, 1.807) is 24.5 Å². The van der Waals surface area contributed by atoms with Crippen molar-refractivity contribution in [3.05, 3.63) is 30.1 Å². The molecule has 0 aliphatic heterocycles. The fraction of sp³-hybridized carbons (Fsp3) is 0.533. The smallest absolute Gasteiger partial charge is 0.328 e. The van der Waals surface area contributed by atoms with Crippen molar-refractivity contribution >= 4 is 11.9 Å². The lowest BCUT2D eigenvalue weighted by molar-refractivity contribution is -0.144. The molecule has 2 rings (SSSR count). The molecule has 0 radical (unpaired) electrons. The van der Waals surface area contributed by atoms with Gasteiger partial charge in [-0.2, -0.15) is 0 Å². The second-order valence-electron chi connectivity index (χ2n) is 5.11. The van der Waals surface area contributed by atoms with Gasteiger partial charge in [-0.3, -0.25) is 9.78 Å². The van der Waals surface area contributed by atoms with Crippen molar-refractivity contribution in [2.45, 2.75) is 38.1 Å². The molecule has 0 saturated heterocycles. The first-order chi connectivity index (χ1) is 9.72. The Kier molecular flexibility index (Phi) is 5.09. The van der Waals surface area contributed by atoms with Crippen molar-refractivity contribution in [1.82, 2.24) is 10.3 Å². The lowest BCUT2D eigenvalue weighted by Gasteiger charge is -2.29. The maximum atomic E-state index is 12.2. The molecular formula is C15H20N2O3. The number of carbonyl (C=O) groups excluding carboxylic acids is 2. The first-order valence-corrected chi connectivity index (χ1v) is 7.01. The van der Waals surface area contributed by atoms with E-state index in [-0.39, 0.29) is 17.8 Å². The van der Waals surface area contributed by atoms with Crippen LogP contribution in [0.1, 0.15) is 42.5 Å². The van der Waals surface area contributed by atoms with Crippen LogP contribution in [0.4, 0.5) is 0 Å². The fourth-order valence-corrected chi connectivity index (χ4v) is 2.69. The molecule has 0 aromatic carbocycles. The largest absolute Gasteiger partial charge is 0.467 e. The van der Waals surface area contributed by atoms with Crippen LogP contribution in [0, 0.1) is 5.92 Å². The molecule has 1 N–H and O–H groups in total. The summed E-state index contributed by atoms with van der Waals surface area (Å²) in [6.07, 6.45) is 8.42. The molecule has 1 saturated carbocycles. The zero-order chi connectivity index (χ0) is 14.4. The van der Waals surface area contributed by atoms with Crippen LogP contribution >= 0.6 is 0 Å². The van der Waals surface area contributed by atoms with Crippen LogP contribution in [0.15, 0.2) is 24.5 Å². The zero-order valence-electron chi connectivity index (χ0n) is 11.7. The first kappa shape index (κ1) is 14.5. The van der Waals surface area contributed by atoms with Crippen molar-refractivity contribution in [1.29, 1.82) is 0 Å². The topological polar surface area (TPSA) is 68.3 Å². The third kappa shape index (κ3) is 3.56. The number of carbonyl (C=O) groups is 2. The van der Waals surface area contributed by atoms with Gasteiger partial charge in [0.2, 0.25) is 0 Å². The number of hydrogen-bond donors (Lipinski definition) is 1. The summed E-state index contributed by atoms with van der Waals surface area (Å²) in [6, 6.07) is 2.70. The van der Waals surface area contributed by atoms with Gasteiger partial charge in [-0.1, -0.05) is 19.3 Å². The van der Waals surface area contributed by atoms with E-state index in [0.29, 0.717) is 5.56 Å². The third-order valence-electron chi connectivity index (χ3n) is 3.81. The van der Waals surface area contributed by atoms with Gasteiger partial charge in [-0.25, -0.2) is 4.79 Å². The molecule has 1 aromatic rings. The highest BCUT2D eigenvalue weighted by Gasteiger charge is 2.31. The van der Waals surface area contributed by atoms with E-state index in [1.807, 2.05) is 0 Å². The van der Waals surface area contributed by atoms with E-state index < -0.39 is 6.04 Å². The summed E-state index contributed by atoms with van der Waals surface area (Å²) in [6.45, 7) is 0. The predicted molar refractivity (Wildman–Crippen MR) is 74.1 cm³/mol. The van der Waals surface area contributed by atoms with E-state index in [0.717, 1.165) is 25.7 Å². The van der Waals surface area contributed by atoms with Crippen LogP contribution in [-0.2, 0) is 9.53 Å². The van der Waals surface area contributed by atoms with Gasteiger partial charge in [-0.05, 0) is 30.9 Å². The monoisotopic (exact) mass is 276 g/mol. The molecule has 1 atom stereocenters. The molecule has 1 aromatic heterocycles. The molecule has 0 bridgehead atoms. The third-order valence-corrected chi connectivity index (χ3v) is 3.81. The second-order valence-corrected chi connectivity index (χ2v) is 5.11. The Morgan fingerprint density at radius 1 is 1.25 bits per heavy atom. The maximum absolute atomic E-state index is 12.2.